The zero-order chi connectivity index (χ0) is 17.0. The monoisotopic (exact) mass is 514 g/mol. The van der Waals surface area contributed by atoms with Crippen molar-refractivity contribution >= 4 is 59.6 Å². The molecule has 5 nitrogen and oxygen atoms in total. The fourth-order valence-electron chi connectivity index (χ4n) is 2.55. The molecule has 8 heteroatoms. The van der Waals surface area contributed by atoms with Crippen LogP contribution < -0.4 is 5.32 Å². The number of aromatic hydroxyl groups is 1. The summed E-state index contributed by atoms with van der Waals surface area (Å²) in [6.45, 7) is 0. The number of phenols is 1. The molecule has 0 aromatic heterocycles. The molecule has 126 valence electrons. The Hall–Kier alpha value is -0.521. The molecule has 1 saturated carbocycles. The van der Waals surface area contributed by atoms with Gasteiger partial charge in [0.05, 0.1) is 0 Å². The molecule has 1 fully saturated rings. The van der Waals surface area contributed by atoms with E-state index in [0.29, 0.717) is 14.1 Å². The van der Waals surface area contributed by atoms with Crippen LogP contribution in [0, 0.1) is 0 Å². The zero-order valence-corrected chi connectivity index (χ0v) is 17.7. The zero-order valence-electron chi connectivity index (χ0n) is 12.3. The molecule has 0 saturated heterocycles. The first-order valence-electron chi connectivity index (χ1n) is 7.26. The second-order valence-corrected chi connectivity index (χ2v) is 9.26. The Bertz CT molecular complexity index is 612. The van der Waals surface area contributed by atoms with Crippen LogP contribution in [0.2, 0.25) is 9.63 Å². The first-order chi connectivity index (χ1) is 10.9. The summed E-state index contributed by atoms with van der Waals surface area (Å²) >= 11 is 8.60. The molecular formula is C15H19BrN2O3Se2. The molecule has 23 heavy (non-hydrogen) atoms. The molecule has 3 atom stereocenters. The van der Waals surface area contributed by atoms with E-state index >= 15 is 0 Å². The number of halogens is 1. The summed E-state index contributed by atoms with van der Waals surface area (Å²) in [6, 6.07) is 5.04. The molecule has 1 aromatic rings. The van der Waals surface area contributed by atoms with Gasteiger partial charge in [-0.3, -0.25) is 0 Å². The summed E-state index contributed by atoms with van der Waals surface area (Å²) in [5.41, 5.74) is 0.844. The number of nitrogens with one attached hydrogen (secondary N) is 1. The predicted octanol–water partition coefficient (Wildman–Crippen LogP) is 1.57. The van der Waals surface area contributed by atoms with E-state index in [-0.39, 0.29) is 29.8 Å². The molecule has 0 spiro atoms. The summed E-state index contributed by atoms with van der Waals surface area (Å²) in [4.78, 5) is 13.4. The number of oxime groups is 1. The Balaban J connectivity index is 1.97. The van der Waals surface area contributed by atoms with Gasteiger partial charge in [-0.25, -0.2) is 0 Å². The van der Waals surface area contributed by atoms with Crippen LogP contribution in [0.4, 0.5) is 0 Å². The van der Waals surface area contributed by atoms with Crippen molar-refractivity contribution in [1.29, 1.82) is 0 Å². The maximum atomic E-state index is 12.3. The van der Waals surface area contributed by atoms with Crippen molar-refractivity contribution in [2.75, 3.05) is 0 Å². The van der Waals surface area contributed by atoms with Gasteiger partial charge in [0.25, 0.3) is 0 Å². The van der Waals surface area contributed by atoms with Crippen molar-refractivity contribution in [2.24, 2.45) is 5.16 Å². The Labute approximate surface area is 160 Å². The van der Waals surface area contributed by atoms with E-state index in [1.165, 1.54) is 6.07 Å². The average molecular weight is 513 g/mol. The van der Waals surface area contributed by atoms with Gasteiger partial charge in [-0.15, -0.1) is 0 Å². The van der Waals surface area contributed by atoms with Crippen LogP contribution in [-0.2, 0) is 11.2 Å². The third-order valence-electron chi connectivity index (χ3n) is 3.88. The van der Waals surface area contributed by atoms with Crippen molar-refractivity contribution in [3.05, 3.63) is 28.2 Å². The van der Waals surface area contributed by atoms with E-state index in [2.05, 4.69) is 58.4 Å². The molecule has 0 aliphatic heterocycles. The van der Waals surface area contributed by atoms with Crippen LogP contribution in [-0.4, -0.2) is 60.0 Å². The number of carbonyl (C=O) groups excluding carboxylic acids is 1. The van der Waals surface area contributed by atoms with Gasteiger partial charge in [0.1, 0.15) is 0 Å². The van der Waals surface area contributed by atoms with Crippen LogP contribution in [0.3, 0.4) is 0 Å². The fourth-order valence-corrected chi connectivity index (χ4v) is 4.39. The number of hydrogen-bond donors (Lipinski definition) is 3. The Morgan fingerprint density at radius 3 is 2.70 bits per heavy atom. The van der Waals surface area contributed by atoms with E-state index in [1.54, 1.807) is 12.1 Å². The first kappa shape index (κ1) is 18.8. The number of carbonyl (C=O) groups is 1. The van der Waals surface area contributed by atoms with Gasteiger partial charge >= 0.3 is 160 Å². The van der Waals surface area contributed by atoms with Crippen molar-refractivity contribution in [3.8, 4) is 5.75 Å². The average Bonchev–Trinajstić information content (AvgIpc) is 2.52. The maximum absolute atomic E-state index is 12.3. The first-order valence-corrected chi connectivity index (χ1v) is 10.2. The van der Waals surface area contributed by atoms with E-state index < -0.39 is 0 Å². The number of benzene rings is 1. The number of rotatable bonds is 4. The normalized spacial score (nSPS) is 25.2. The molecule has 1 aliphatic carbocycles. The Morgan fingerprint density at radius 1 is 1.35 bits per heavy atom. The quantitative estimate of drug-likeness (QED) is 0.248. The van der Waals surface area contributed by atoms with Crippen LogP contribution in [0.5, 0.6) is 5.75 Å². The summed E-state index contributed by atoms with van der Waals surface area (Å²) in [5.74, 6) is -0.215. The van der Waals surface area contributed by atoms with E-state index in [0.717, 1.165) is 24.8 Å². The van der Waals surface area contributed by atoms with Gasteiger partial charge in [-0.1, -0.05) is 0 Å². The fraction of sp³-hybridized carbons (Fsp3) is 0.467. The summed E-state index contributed by atoms with van der Waals surface area (Å²) in [5, 5.41) is 24.8. The Kier molecular flexibility index (Phi) is 6.98. The van der Waals surface area contributed by atoms with Gasteiger partial charge in [-0.05, 0) is 0 Å². The molecule has 2 rings (SSSR count). The van der Waals surface area contributed by atoms with Crippen LogP contribution in [0.25, 0.3) is 0 Å². The van der Waals surface area contributed by atoms with Crippen LogP contribution >= 0.6 is 15.9 Å². The number of phenolic OH excluding ortho intramolecular Hbond substituents is 1. The topological polar surface area (TPSA) is 81.9 Å². The molecule has 0 heterocycles. The molecule has 0 bridgehead atoms. The third-order valence-corrected chi connectivity index (χ3v) is 8.12. The van der Waals surface area contributed by atoms with Crippen molar-refractivity contribution in [2.45, 2.75) is 41.4 Å². The molecule has 1 aromatic carbocycles. The number of nitrogens with zero attached hydrogens (tertiary/aromatic N) is 1. The number of hydrogen-bond acceptors (Lipinski definition) is 4. The predicted molar refractivity (Wildman–Crippen MR) is 96.3 cm³/mol. The number of amides is 1. The van der Waals surface area contributed by atoms with Gasteiger partial charge in [-0.2, -0.15) is 0 Å². The van der Waals surface area contributed by atoms with Gasteiger partial charge < -0.3 is 0 Å². The van der Waals surface area contributed by atoms with Gasteiger partial charge in [0.2, 0.25) is 0 Å². The van der Waals surface area contributed by atoms with E-state index in [9.17, 15) is 9.90 Å². The minimum atomic E-state index is -0.342. The van der Waals surface area contributed by atoms with E-state index in [4.69, 9.17) is 5.21 Å². The molecule has 1 aliphatic rings. The molecule has 1 amide bonds. The summed E-state index contributed by atoms with van der Waals surface area (Å²) in [6.07, 6.45) is 3.10. The molecule has 3 unspecified atom stereocenters. The standard InChI is InChI=1S/C15H19BrN2O3Se2/c16-10-5-8(1-3-12(10)19)6-11(18-21)15(20)17-9-2-4-13(22)14(23)7-9/h1,3,5,9,13-14,19,21-23H,2,4,6-7H2,(H,17,20)/b18-11+. The summed E-state index contributed by atoms with van der Waals surface area (Å²) < 4.78 is 0.540. The Morgan fingerprint density at radius 2 is 2.09 bits per heavy atom. The van der Waals surface area contributed by atoms with Crippen molar-refractivity contribution in [3.63, 3.8) is 0 Å². The van der Waals surface area contributed by atoms with E-state index in [1.807, 2.05) is 0 Å². The van der Waals surface area contributed by atoms with Crippen LogP contribution in [0.15, 0.2) is 27.8 Å². The van der Waals surface area contributed by atoms with Crippen molar-refractivity contribution < 1.29 is 15.1 Å². The third kappa shape index (κ3) is 5.23. The second kappa shape index (κ2) is 8.54. The molecule has 3 N–H and O–H groups in total. The van der Waals surface area contributed by atoms with Crippen LogP contribution in [0.1, 0.15) is 24.8 Å². The van der Waals surface area contributed by atoms with Crippen molar-refractivity contribution in [1.82, 2.24) is 5.32 Å². The summed E-state index contributed by atoms with van der Waals surface area (Å²) in [7, 11) is 0. The van der Waals surface area contributed by atoms with Gasteiger partial charge in [0.15, 0.2) is 0 Å². The molecular weight excluding hydrogens is 494 g/mol. The van der Waals surface area contributed by atoms with Gasteiger partial charge in [0, 0.05) is 0 Å². The minimum absolute atomic E-state index is 0.0686. The molecule has 0 radical (unpaired) electrons. The second-order valence-electron chi connectivity index (χ2n) is 5.63. The SMILES string of the molecule is O=C(NC1CCC([SeH])C([SeH])C1)/C(Cc1ccc(O)c(Br)c1)=N/O.